The molecule has 0 aliphatic heterocycles. The van der Waals surface area contributed by atoms with Crippen LogP contribution in [0.5, 0.6) is 0 Å². The zero-order chi connectivity index (χ0) is 13.4. The van der Waals surface area contributed by atoms with Gasteiger partial charge in [-0.15, -0.1) is 0 Å². The van der Waals surface area contributed by atoms with Crippen molar-refractivity contribution in [2.45, 2.75) is 6.04 Å². The molecule has 0 spiro atoms. The van der Waals surface area contributed by atoms with Crippen molar-refractivity contribution in [3.05, 3.63) is 66.0 Å². The molecule has 3 rings (SSSR count). The van der Waals surface area contributed by atoms with Crippen LogP contribution in [0.4, 0.5) is 0 Å². The van der Waals surface area contributed by atoms with E-state index in [2.05, 4.69) is 0 Å². The Morgan fingerprint density at radius 2 is 1.37 bits per heavy atom. The number of carbonyl (C=O) groups is 3. The highest BCUT2D eigenvalue weighted by atomic mass is 16.2. The zero-order valence-electron chi connectivity index (χ0n) is 9.95. The molecule has 4 heteroatoms. The Balaban J connectivity index is 2.18. The van der Waals surface area contributed by atoms with Crippen molar-refractivity contribution in [1.29, 1.82) is 0 Å². The molecule has 1 aromatic heterocycles. The van der Waals surface area contributed by atoms with Gasteiger partial charge in [-0.1, -0.05) is 30.3 Å². The maximum atomic E-state index is 12.4. The van der Waals surface area contributed by atoms with E-state index in [1.54, 1.807) is 48.8 Å². The minimum Gasteiger partial charge on any atom is -0.286 e. The number of hydrogen-bond acceptors (Lipinski definition) is 3. The predicted molar refractivity (Wildman–Crippen MR) is 65.8 cm³/mol. The van der Waals surface area contributed by atoms with Crippen molar-refractivity contribution in [3.8, 4) is 0 Å². The van der Waals surface area contributed by atoms with Crippen LogP contribution in [0.25, 0.3) is 0 Å². The van der Waals surface area contributed by atoms with E-state index in [-0.39, 0.29) is 11.3 Å². The second-order valence-electron chi connectivity index (χ2n) is 4.33. The van der Waals surface area contributed by atoms with Crippen LogP contribution in [-0.2, 0) is 4.79 Å². The number of nitrogens with zero attached hydrogens (tertiary/aromatic N) is 1. The number of aromatic nitrogens is 1. The zero-order valence-corrected chi connectivity index (χ0v) is 9.95. The fourth-order valence-corrected chi connectivity index (χ4v) is 2.27. The van der Waals surface area contributed by atoms with Crippen LogP contribution < -0.4 is 4.57 Å². The molecule has 0 amide bonds. The molecule has 1 heterocycles. The fraction of sp³-hybridized carbons (Fsp3) is 0.0667. The Morgan fingerprint density at radius 3 is 2.05 bits per heavy atom. The summed E-state index contributed by atoms with van der Waals surface area (Å²) < 4.78 is 1.47. The van der Waals surface area contributed by atoms with E-state index < -0.39 is 17.6 Å². The van der Waals surface area contributed by atoms with Gasteiger partial charge in [-0.25, -0.2) is 0 Å². The minimum atomic E-state index is -1.08. The lowest BCUT2D eigenvalue weighted by Crippen LogP contribution is -2.52. The first-order valence-electron chi connectivity index (χ1n) is 5.88. The molecule has 0 radical (unpaired) electrons. The van der Waals surface area contributed by atoms with Gasteiger partial charge in [0.15, 0.2) is 12.4 Å². The molecular formula is C15H10NO3+. The third-order valence-electron chi connectivity index (χ3n) is 3.19. The maximum absolute atomic E-state index is 12.4. The molecular weight excluding hydrogens is 242 g/mol. The van der Waals surface area contributed by atoms with Crippen LogP contribution in [0.3, 0.4) is 0 Å². The van der Waals surface area contributed by atoms with Gasteiger partial charge in [-0.05, 0) is 0 Å². The normalized spacial score (nSPS) is 18.3. The quantitative estimate of drug-likeness (QED) is 0.435. The third kappa shape index (κ3) is 1.69. The van der Waals surface area contributed by atoms with Gasteiger partial charge >= 0.3 is 0 Å². The summed E-state index contributed by atoms with van der Waals surface area (Å²) in [6.45, 7) is 0. The van der Waals surface area contributed by atoms with E-state index in [0.717, 1.165) is 0 Å². The number of pyridine rings is 1. The number of rotatable bonds is 1. The lowest BCUT2D eigenvalue weighted by molar-refractivity contribution is -0.694. The molecule has 0 unspecified atom stereocenters. The lowest BCUT2D eigenvalue weighted by atomic mass is 9.85. The highest BCUT2D eigenvalue weighted by Gasteiger charge is 2.46. The van der Waals surface area contributed by atoms with Gasteiger partial charge in [0.2, 0.25) is 11.6 Å². The monoisotopic (exact) mass is 252 g/mol. The minimum absolute atomic E-state index is 0.199. The summed E-state index contributed by atoms with van der Waals surface area (Å²) in [6.07, 6.45) is 3.23. The van der Waals surface area contributed by atoms with Crippen molar-refractivity contribution < 1.29 is 19.0 Å². The van der Waals surface area contributed by atoms with Gasteiger partial charge in [-0.3, -0.25) is 14.4 Å². The van der Waals surface area contributed by atoms with Crippen molar-refractivity contribution in [1.82, 2.24) is 0 Å². The van der Waals surface area contributed by atoms with Crippen LogP contribution in [0.1, 0.15) is 26.8 Å². The Morgan fingerprint density at radius 1 is 0.737 bits per heavy atom. The molecule has 0 fully saturated rings. The second-order valence-corrected chi connectivity index (χ2v) is 4.33. The Bertz CT molecular complexity index is 692. The number of carbonyl (C=O) groups excluding carboxylic acids is 3. The average molecular weight is 252 g/mol. The number of Topliss-reactive ketones (excluding diaryl/α,β-unsaturated/α-hetero) is 3. The first kappa shape index (κ1) is 11.5. The summed E-state index contributed by atoms with van der Waals surface area (Å²) in [5.74, 6) is -1.62. The van der Waals surface area contributed by atoms with Crippen LogP contribution in [0, 0.1) is 0 Å². The summed E-state index contributed by atoms with van der Waals surface area (Å²) in [4.78, 5) is 36.5. The van der Waals surface area contributed by atoms with Gasteiger partial charge in [0, 0.05) is 23.3 Å². The highest BCUT2D eigenvalue weighted by Crippen LogP contribution is 2.23. The van der Waals surface area contributed by atoms with E-state index >= 15 is 0 Å². The van der Waals surface area contributed by atoms with Crippen LogP contribution in [-0.4, -0.2) is 17.3 Å². The van der Waals surface area contributed by atoms with Crippen LogP contribution in [0.15, 0.2) is 54.9 Å². The van der Waals surface area contributed by atoms with Crippen LogP contribution in [0.2, 0.25) is 0 Å². The Hall–Kier alpha value is -2.62. The number of hydrogen-bond donors (Lipinski definition) is 0. The topological polar surface area (TPSA) is 55.1 Å². The molecule has 1 aromatic carbocycles. The van der Waals surface area contributed by atoms with Gasteiger partial charge in [-0.2, -0.15) is 4.57 Å². The number of ketones is 3. The molecule has 4 nitrogen and oxygen atoms in total. The first-order valence-corrected chi connectivity index (χ1v) is 5.88. The molecule has 2 aromatic rings. The second kappa shape index (κ2) is 4.24. The van der Waals surface area contributed by atoms with Crippen molar-refractivity contribution in [2.24, 2.45) is 0 Å². The van der Waals surface area contributed by atoms with E-state index in [9.17, 15) is 14.4 Å². The Kier molecular flexibility index (Phi) is 2.56. The standard InChI is InChI=1S/C15H10NO3/c17-13-10-6-2-3-7-11(10)14(18)15(19)12(13)16-8-4-1-5-9-16/h1-9,12H/q+1/t12-/m0/s1. The molecule has 1 atom stereocenters. The summed E-state index contributed by atoms with van der Waals surface area (Å²) in [7, 11) is 0. The summed E-state index contributed by atoms with van der Waals surface area (Å²) in [6, 6.07) is 10.6. The SMILES string of the molecule is O=C1C(=O)[C@@H]([n+]2ccccc2)C(=O)c2ccccc21. The molecule has 1 aliphatic carbocycles. The molecule has 0 saturated heterocycles. The molecule has 0 N–H and O–H groups in total. The maximum Gasteiger partial charge on any atom is 0.286 e. The van der Waals surface area contributed by atoms with Gasteiger partial charge in [0.1, 0.15) is 0 Å². The molecule has 92 valence electrons. The van der Waals surface area contributed by atoms with Crippen molar-refractivity contribution in [2.75, 3.05) is 0 Å². The average Bonchev–Trinajstić information content (AvgIpc) is 2.46. The van der Waals surface area contributed by atoms with E-state index in [1.165, 1.54) is 10.6 Å². The Labute approximate surface area is 109 Å². The van der Waals surface area contributed by atoms with Gasteiger partial charge < -0.3 is 0 Å². The van der Waals surface area contributed by atoms with Gasteiger partial charge in [0.25, 0.3) is 11.8 Å². The fourth-order valence-electron chi connectivity index (χ4n) is 2.27. The molecule has 1 aliphatic rings. The summed E-state index contributed by atoms with van der Waals surface area (Å²) in [5, 5.41) is 0. The lowest BCUT2D eigenvalue weighted by Gasteiger charge is -2.17. The highest BCUT2D eigenvalue weighted by molar-refractivity contribution is 6.52. The van der Waals surface area contributed by atoms with Crippen molar-refractivity contribution in [3.63, 3.8) is 0 Å². The predicted octanol–water partition coefficient (Wildman–Crippen LogP) is 1.16. The first-order chi connectivity index (χ1) is 9.20. The number of fused-ring (bicyclic) bond motifs is 1. The van der Waals surface area contributed by atoms with Crippen LogP contribution >= 0.6 is 0 Å². The molecule has 0 bridgehead atoms. The van der Waals surface area contributed by atoms with E-state index in [1.807, 2.05) is 0 Å². The summed E-state index contributed by atoms with van der Waals surface area (Å²) >= 11 is 0. The van der Waals surface area contributed by atoms with Crippen molar-refractivity contribution >= 4 is 17.3 Å². The van der Waals surface area contributed by atoms with E-state index in [4.69, 9.17) is 0 Å². The largest absolute Gasteiger partial charge is 0.286 e. The third-order valence-corrected chi connectivity index (χ3v) is 3.19. The summed E-state index contributed by atoms with van der Waals surface area (Å²) in [5.41, 5.74) is 0.513. The smallest absolute Gasteiger partial charge is 0.286 e. The number of benzene rings is 1. The van der Waals surface area contributed by atoms with E-state index in [0.29, 0.717) is 5.56 Å². The molecule has 0 saturated carbocycles. The van der Waals surface area contributed by atoms with Gasteiger partial charge in [0.05, 0.1) is 0 Å². The molecule has 19 heavy (non-hydrogen) atoms.